The second kappa shape index (κ2) is 5.62. The molecule has 1 rings (SSSR count). The Morgan fingerprint density at radius 1 is 1.53 bits per heavy atom. The summed E-state index contributed by atoms with van der Waals surface area (Å²) in [6, 6.07) is -0.539. The van der Waals surface area contributed by atoms with Gasteiger partial charge in [0.2, 0.25) is 0 Å². The van der Waals surface area contributed by atoms with Gasteiger partial charge in [-0.05, 0) is 32.9 Å². The van der Waals surface area contributed by atoms with Crippen LogP contribution in [0.4, 0.5) is 4.79 Å². The highest BCUT2D eigenvalue weighted by Crippen LogP contribution is 2.05. The van der Waals surface area contributed by atoms with Crippen molar-refractivity contribution in [3.05, 3.63) is 0 Å². The third-order valence-corrected chi connectivity index (χ3v) is 2.74. The Kier molecular flexibility index (Phi) is 4.44. The van der Waals surface area contributed by atoms with Gasteiger partial charge in [-0.3, -0.25) is 4.90 Å². The smallest absolute Gasteiger partial charge is 0.315 e. The largest absolute Gasteiger partial charge is 0.351 e. The molecule has 1 aliphatic rings. The van der Waals surface area contributed by atoms with Crippen LogP contribution >= 0.6 is 0 Å². The fraction of sp³-hybridized carbons (Fsp3) is 0.727. The Labute approximate surface area is 91.4 Å². The van der Waals surface area contributed by atoms with E-state index in [-0.39, 0.29) is 6.04 Å². The quantitative estimate of drug-likeness (QED) is 0.673. The average molecular weight is 209 g/mol. The molecule has 0 aromatic rings. The maximum atomic E-state index is 10.8. The van der Waals surface area contributed by atoms with Gasteiger partial charge in [0.15, 0.2) is 0 Å². The molecule has 0 aromatic carbocycles. The molecule has 0 saturated carbocycles. The van der Waals surface area contributed by atoms with Crippen molar-refractivity contribution in [3.8, 4) is 11.8 Å². The monoisotopic (exact) mass is 209 g/mol. The molecule has 1 saturated heterocycles. The number of likely N-dealkylation sites (tertiary alicyclic amines) is 1. The standard InChI is InChI=1S/C11H19N3O/c1-10(13(2)11(12)15)6-5-9-14-7-3-4-8-14/h10H,3-4,7-9H2,1-2H3,(H2,12,15). The molecule has 4 nitrogen and oxygen atoms in total. The lowest BCUT2D eigenvalue weighted by atomic mass is 10.3. The predicted molar refractivity (Wildman–Crippen MR) is 60.3 cm³/mol. The van der Waals surface area contributed by atoms with Gasteiger partial charge in [-0.2, -0.15) is 0 Å². The highest BCUT2D eigenvalue weighted by molar-refractivity contribution is 5.72. The molecule has 2 N–H and O–H groups in total. The van der Waals surface area contributed by atoms with Gasteiger partial charge in [0.05, 0.1) is 12.6 Å². The Morgan fingerprint density at radius 2 is 2.13 bits per heavy atom. The molecule has 1 aliphatic heterocycles. The molecule has 84 valence electrons. The van der Waals surface area contributed by atoms with Gasteiger partial charge in [0.1, 0.15) is 0 Å². The first-order valence-corrected chi connectivity index (χ1v) is 5.34. The fourth-order valence-corrected chi connectivity index (χ4v) is 1.53. The molecule has 15 heavy (non-hydrogen) atoms. The summed E-state index contributed by atoms with van der Waals surface area (Å²) in [5, 5.41) is 0. The second-order valence-corrected chi connectivity index (χ2v) is 3.93. The van der Waals surface area contributed by atoms with Crippen molar-refractivity contribution in [1.82, 2.24) is 9.80 Å². The number of hydrogen-bond acceptors (Lipinski definition) is 2. The fourth-order valence-electron chi connectivity index (χ4n) is 1.53. The summed E-state index contributed by atoms with van der Waals surface area (Å²) in [5.74, 6) is 6.11. The maximum absolute atomic E-state index is 10.8. The van der Waals surface area contributed by atoms with E-state index < -0.39 is 6.03 Å². The lowest BCUT2D eigenvalue weighted by Crippen LogP contribution is -2.38. The van der Waals surface area contributed by atoms with E-state index in [0.717, 1.165) is 19.6 Å². The van der Waals surface area contributed by atoms with Gasteiger partial charge in [-0.15, -0.1) is 0 Å². The molecule has 0 aromatic heterocycles. The molecular formula is C11H19N3O. The Bertz CT molecular complexity index is 273. The van der Waals surface area contributed by atoms with Gasteiger partial charge in [-0.25, -0.2) is 4.79 Å². The zero-order valence-corrected chi connectivity index (χ0v) is 9.49. The van der Waals surface area contributed by atoms with Crippen LogP contribution in [0.2, 0.25) is 0 Å². The van der Waals surface area contributed by atoms with Crippen molar-refractivity contribution in [1.29, 1.82) is 0 Å². The highest BCUT2D eigenvalue weighted by atomic mass is 16.2. The molecule has 0 aliphatic carbocycles. The number of urea groups is 1. The van der Waals surface area contributed by atoms with Crippen LogP contribution in [0, 0.1) is 11.8 Å². The number of carbonyl (C=O) groups is 1. The van der Waals surface area contributed by atoms with Crippen LogP contribution < -0.4 is 5.73 Å². The van der Waals surface area contributed by atoms with Crippen molar-refractivity contribution in [2.75, 3.05) is 26.7 Å². The van der Waals surface area contributed by atoms with Crippen molar-refractivity contribution < 1.29 is 4.79 Å². The average Bonchev–Trinajstić information content (AvgIpc) is 2.69. The Hall–Kier alpha value is -1.21. The first-order valence-electron chi connectivity index (χ1n) is 5.34. The molecule has 1 atom stereocenters. The van der Waals surface area contributed by atoms with E-state index in [2.05, 4.69) is 16.7 Å². The van der Waals surface area contributed by atoms with Gasteiger partial charge in [0, 0.05) is 7.05 Å². The molecule has 0 spiro atoms. The predicted octanol–water partition coefficient (Wildman–Crippen LogP) is 0.485. The Morgan fingerprint density at radius 3 is 2.67 bits per heavy atom. The molecule has 1 unspecified atom stereocenters. The first-order chi connectivity index (χ1) is 7.11. The highest BCUT2D eigenvalue weighted by Gasteiger charge is 2.10. The van der Waals surface area contributed by atoms with E-state index in [9.17, 15) is 4.79 Å². The first kappa shape index (κ1) is 11.9. The number of rotatable bonds is 2. The van der Waals surface area contributed by atoms with Crippen molar-refractivity contribution in [2.45, 2.75) is 25.8 Å². The topological polar surface area (TPSA) is 49.6 Å². The maximum Gasteiger partial charge on any atom is 0.315 e. The van der Waals surface area contributed by atoms with Crippen LogP contribution in [0.3, 0.4) is 0 Å². The molecule has 0 bridgehead atoms. The Balaban J connectivity index is 2.32. The number of amides is 2. The summed E-state index contributed by atoms with van der Waals surface area (Å²) in [5.41, 5.74) is 5.14. The zero-order chi connectivity index (χ0) is 11.3. The lowest BCUT2D eigenvalue weighted by molar-refractivity contribution is 0.213. The normalized spacial score (nSPS) is 18.0. The van der Waals surface area contributed by atoms with Crippen molar-refractivity contribution in [2.24, 2.45) is 5.73 Å². The molecule has 4 heteroatoms. The van der Waals surface area contributed by atoms with E-state index in [4.69, 9.17) is 5.73 Å². The number of nitrogens with zero attached hydrogens (tertiary/aromatic N) is 2. The third-order valence-electron chi connectivity index (χ3n) is 2.74. The number of nitrogens with two attached hydrogens (primary N) is 1. The van der Waals surface area contributed by atoms with E-state index in [1.807, 2.05) is 6.92 Å². The van der Waals surface area contributed by atoms with Crippen LogP contribution in [0.15, 0.2) is 0 Å². The lowest BCUT2D eigenvalue weighted by Gasteiger charge is -2.17. The molecule has 0 radical (unpaired) electrons. The second-order valence-electron chi connectivity index (χ2n) is 3.93. The summed E-state index contributed by atoms with van der Waals surface area (Å²) >= 11 is 0. The minimum Gasteiger partial charge on any atom is -0.351 e. The van der Waals surface area contributed by atoms with Gasteiger partial charge in [0.25, 0.3) is 0 Å². The zero-order valence-electron chi connectivity index (χ0n) is 9.49. The van der Waals surface area contributed by atoms with Crippen LogP contribution in [0.5, 0.6) is 0 Å². The van der Waals surface area contributed by atoms with Crippen LogP contribution in [-0.2, 0) is 0 Å². The molecule has 1 fully saturated rings. The summed E-state index contributed by atoms with van der Waals surface area (Å²) in [4.78, 5) is 14.6. The summed E-state index contributed by atoms with van der Waals surface area (Å²) < 4.78 is 0. The number of carbonyl (C=O) groups excluding carboxylic acids is 1. The minimum atomic E-state index is -0.432. The van der Waals surface area contributed by atoms with E-state index >= 15 is 0 Å². The summed E-state index contributed by atoms with van der Waals surface area (Å²) in [6.07, 6.45) is 2.55. The SMILES string of the molecule is CC(C#CCN1CCCC1)N(C)C(N)=O. The summed E-state index contributed by atoms with van der Waals surface area (Å²) in [7, 11) is 1.66. The van der Waals surface area contributed by atoms with E-state index in [0.29, 0.717) is 0 Å². The molecule has 1 heterocycles. The van der Waals surface area contributed by atoms with Gasteiger partial charge >= 0.3 is 6.03 Å². The third kappa shape index (κ3) is 3.80. The van der Waals surface area contributed by atoms with E-state index in [1.165, 1.54) is 17.7 Å². The number of primary amides is 1. The molecule has 2 amide bonds. The van der Waals surface area contributed by atoms with Crippen LogP contribution in [0.25, 0.3) is 0 Å². The number of hydrogen-bond donors (Lipinski definition) is 1. The minimum absolute atomic E-state index is 0.106. The van der Waals surface area contributed by atoms with Crippen LogP contribution in [0.1, 0.15) is 19.8 Å². The van der Waals surface area contributed by atoms with Crippen molar-refractivity contribution >= 4 is 6.03 Å². The van der Waals surface area contributed by atoms with E-state index in [1.54, 1.807) is 7.05 Å². The summed E-state index contributed by atoms with van der Waals surface area (Å²) in [6.45, 7) is 4.97. The van der Waals surface area contributed by atoms with Crippen LogP contribution in [-0.4, -0.2) is 48.6 Å². The van der Waals surface area contributed by atoms with Gasteiger partial charge in [-0.1, -0.05) is 11.8 Å². The molecular weight excluding hydrogens is 190 g/mol. The van der Waals surface area contributed by atoms with Crippen molar-refractivity contribution in [3.63, 3.8) is 0 Å². The van der Waals surface area contributed by atoms with Gasteiger partial charge < -0.3 is 10.6 Å².